The SMILES string of the molecule is COC(C#N)C(O)(c1ccccc1)c1ccccc1. The average molecular weight is 253 g/mol. The van der Waals surface area contributed by atoms with Crippen molar-refractivity contribution in [3.8, 4) is 6.07 Å². The summed E-state index contributed by atoms with van der Waals surface area (Å²) in [5, 5.41) is 20.3. The highest BCUT2D eigenvalue weighted by atomic mass is 16.5. The van der Waals surface area contributed by atoms with Crippen LogP contribution < -0.4 is 0 Å². The first-order chi connectivity index (χ1) is 9.23. The Morgan fingerprint density at radius 1 is 1.00 bits per heavy atom. The molecule has 0 aliphatic heterocycles. The summed E-state index contributed by atoms with van der Waals surface area (Å²) < 4.78 is 5.16. The molecule has 0 spiro atoms. The molecule has 0 radical (unpaired) electrons. The van der Waals surface area contributed by atoms with Crippen LogP contribution in [0.3, 0.4) is 0 Å². The molecule has 1 unspecified atom stereocenters. The maximum absolute atomic E-state index is 11.1. The van der Waals surface area contributed by atoms with Gasteiger partial charge in [0, 0.05) is 7.11 Å². The summed E-state index contributed by atoms with van der Waals surface area (Å²) in [6.45, 7) is 0. The largest absolute Gasteiger partial charge is 0.376 e. The predicted octanol–water partition coefficient (Wildman–Crippen LogP) is 2.46. The summed E-state index contributed by atoms with van der Waals surface area (Å²) in [5.41, 5.74) is -0.212. The number of nitrogens with zero attached hydrogens (tertiary/aromatic N) is 1. The third-order valence-corrected chi connectivity index (χ3v) is 3.16. The van der Waals surface area contributed by atoms with E-state index in [-0.39, 0.29) is 0 Å². The molecule has 96 valence electrons. The van der Waals surface area contributed by atoms with Crippen LogP contribution in [0.1, 0.15) is 11.1 Å². The summed E-state index contributed by atoms with van der Waals surface area (Å²) in [7, 11) is 1.42. The molecular weight excluding hydrogens is 238 g/mol. The van der Waals surface area contributed by atoms with Gasteiger partial charge in [-0.1, -0.05) is 60.7 Å². The van der Waals surface area contributed by atoms with Gasteiger partial charge in [0.25, 0.3) is 0 Å². The topological polar surface area (TPSA) is 53.2 Å². The normalized spacial score (nSPS) is 12.7. The number of hydrogen-bond donors (Lipinski definition) is 1. The molecule has 2 rings (SSSR count). The van der Waals surface area contributed by atoms with E-state index in [1.807, 2.05) is 42.5 Å². The van der Waals surface area contributed by atoms with Crippen LogP contribution in [0.4, 0.5) is 0 Å². The Kier molecular flexibility index (Phi) is 3.96. The highest BCUT2D eigenvalue weighted by Gasteiger charge is 2.40. The number of benzene rings is 2. The van der Waals surface area contributed by atoms with Crippen LogP contribution in [0, 0.1) is 11.3 Å². The van der Waals surface area contributed by atoms with Crippen LogP contribution in [0.2, 0.25) is 0 Å². The Labute approximate surface area is 112 Å². The zero-order chi connectivity index (χ0) is 13.7. The second-order valence-corrected chi connectivity index (χ2v) is 4.24. The Balaban J connectivity index is 2.61. The summed E-state index contributed by atoms with van der Waals surface area (Å²) in [5.74, 6) is 0. The Morgan fingerprint density at radius 3 is 1.74 bits per heavy atom. The first-order valence-electron chi connectivity index (χ1n) is 5.99. The molecule has 0 heterocycles. The molecule has 0 saturated carbocycles. The van der Waals surface area contributed by atoms with Gasteiger partial charge in [-0.2, -0.15) is 5.26 Å². The van der Waals surface area contributed by atoms with Gasteiger partial charge in [0.05, 0.1) is 6.07 Å². The molecule has 1 atom stereocenters. The minimum absolute atomic E-state index is 0.634. The van der Waals surface area contributed by atoms with Crippen molar-refractivity contribution in [1.82, 2.24) is 0 Å². The average Bonchev–Trinajstić information content (AvgIpc) is 2.50. The van der Waals surface area contributed by atoms with E-state index >= 15 is 0 Å². The first kappa shape index (κ1) is 13.3. The van der Waals surface area contributed by atoms with Gasteiger partial charge in [0.2, 0.25) is 0 Å². The van der Waals surface area contributed by atoms with E-state index in [4.69, 9.17) is 4.74 Å². The van der Waals surface area contributed by atoms with Crippen molar-refractivity contribution in [2.45, 2.75) is 11.7 Å². The molecule has 0 aliphatic carbocycles. The molecule has 0 aromatic heterocycles. The third-order valence-electron chi connectivity index (χ3n) is 3.16. The molecule has 3 nitrogen and oxygen atoms in total. The summed E-state index contributed by atoms with van der Waals surface area (Å²) >= 11 is 0. The predicted molar refractivity (Wildman–Crippen MR) is 72.3 cm³/mol. The zero-order valence-corrected chi connectivity index (χ0v) is 10.7. The smallest absolute Gasteiger partial charge is 0.180 e. The highest BCUT2D eigenvalue weighted by molar-refractivity contribution is 5.39. The minimum Gasteiger partial charge on any atom is -0.376 e. The monoisotopic (exact) mass is 253 g/mol. The molecular formula is C16H15NO2. The van der Waals surface area contributed by atoms with Gasteiger partial charge in [-0.05, 0) is 11.1 Å². The number of aliphatic hydroxyl groups is 1. The van der Waals surface area contributed by atoms with Gasteiger partial charge >= 0.3 is 0 Å². The fourth-order valence-electron chi connectivity index (χ4n) is 2.17. The zero-order valence-electron chi connectivity index (χ0n) is 10.7. The number of nitriles is 1. The van der Waals surface area contributed by atoms with Gasteiger partial charge in [-0.3, -0.25) is 0 Å². The Bertz CT molecular complexity index is 521. The second-order valence-electron chi connectivity index (χ2n) is 4.24. The molecule has 2 aromatic rings. The van der Waals surface area contributed by atoms with Gasteiger partial charge < -0.3 is 9.84 Å². The van der Waals surface area contributed by atoms with Crippen molar-refractivity contribution < 1.29 is 9.84 Å². The van der Waals surface area contributed by atoms with Gasteiger partial charge in [-0.25, -0.2) is 0 Å². The summed E-state index contributed by atoms with van der Waals surface area (Å²) in [6, 6.07) is 20.2. The van der Waals surface area contributed by atoms with E-state index in [0.717, 1.165) is 0 Å². The van der Waals surface area contributed by atoms with Crippen LogP contribution >= 0.6 is 0 Å². The van der Waals surface area contributed by atoms with E-state index in [1.165, 1.54) is 7.11 Å². The molecule has 19 heavy (non-hydrogen) atoms. The fourth-order valence-corrected chi connectivity index (χ4v) is 2.17. The maximum atomic E-state index is 11.1. The minimum atomic E-state index is -1.48. The van der Waals surface area contributed by atoms with E-state index in [0.29, 0.717) is 11.1 Å². The maximum Gasteiger partial charge on any atom is 0.180 e. The van der Waals surface area contributed by atoms with Gasteiger partial charge in [0.15, 0.2) is 11.7 Å². The molecule has 0 bridgehead atoms. The lowest BCUT2D eigenvalue weighted by Crippen LogP contribution is -2.41. The second kappa shape index (κ2) is 5.66. The summed E-state index contributed by atoms with van der Waals surface area (Å²) in [6.07, 6.45) is -0.975. The van der Waals surface area contributed by atoms with Crippen molar-refractivity contribution in [3.63, 3.8) is 0 Å². The molecule has 1 N–H and O–H groups in total. The molecule has 2 aromatic carbocycles. The highest BCUT2D eigenvalue weighted by Crippen LogP contribution is 2.34. The lowest BCUT2D eigenvalue weighted by atomic mass is 9.82. The summed E-state index contributed by atoms with van der Waals surface area (Å²) in [4.78, 5) is 0. The third kappa shape index (κ3) is 2.37. The van der Waals surface area contributed by atoms with Gasteiger partial charge in [0.1, 0.15) is 0 Å². The van der Waals surface area contributed by atoms with Crippen LogP contribution in [-0.4, -0.2) is 18.3 Å². The molecule has 3 heteroatoms. The van der Waals surface area contributed by atoms with E-state index in [9.17, 15) is 10.4 Å². The molecule has 0 fully saturated rings. The Morgan fingerprint density at radius 2 is 1.42 bits per heavy atom. The van der Waals surface area contributed by atoms with E-state index < -0.39 is 11.7 Å². The van der Waals surface area contributed by atoms with Crippen molar-refractivity contribution in [2.24, 2.45) is 0 Å². The fraction of sp³-hybridized carbons (Fsp3) is 0.188. The van der Waals surface area contributed by atoms with Crippen LogP contribution in [0.5, 0.6) is 0 Å². The van der Waals surface area contributed by atoms with Crippen LogP contribution in [0.25, 0.3) is 0 Å². The molecule has 0 amide bonds. The van der Waals surface area contributed by atoms with Crippen LogP contribution in [0.15, 0.2) is 60.7 Å². The standard InChI is InChI=1S/C16H15NO2/c1-19-15(12-17)16(18,13-8-4-2-5-9-13)14-10-6-3-7-11-14/h2-11,15,18H,1H3. The van der Waals surface area contributed by atoms with Crippen molar-refractivity contribution >= 4 is 0 Å². The quantitative estimate of drug-likeness (QED) is 0.910. The molecule has 0 saturated heterocycles. The first-order valence-corrected chi connectivity index (χ1v) is 5.99. The number of hydrogen-bond acceptors (Lipinski definition) is 3. The van der Waals surface area contributed by atoms with Crippen LogP contribution in [-0.2, 0) is 10.3 Å². The lowest BCUT2D eigenvalue weighted by molar-refractivity contribution is -0.0423. The number of rotatable bonds is 4. The van der Waals surface area contributed by atoms with Crippen molar-refractivity contribution in [1.29, 1.82) is 5.26 Å². The van der Waals surface area contributed by atoms with Crippen molar-refractivity contribution in [3.05, 3.63) is 71.8 Å². The Hall–Kier alpha value is -2.15. The lowest BCUT2D eigenvalue weighted by Gasteiger charge is -2.32. The molecule has 0 aliphatic rings. The number of methoxy groups -OCH3 is 1. The van der Waals surface area contributed by atoms with E-state index in [1.54, 1.807) is 24.3 Å². The van der Waals surface area contributed by atoms with E-state index in [2.05, 4.69) is 0 Å². The van der Waals surface area contributed by atoms with Crippen molar-refractivity contribution in [2.75, 3.05) is 7.11 Å². The van der Waals surface area contributed by atoms with Gasteiger partial charge in [-0.15, -0.1) is 0 Å². The number of ether oxygens (including phenoxy) is 1.